The van der Waals surface area contributed by atoms with Crippen molar-refractivity contribution in [3.05, 3.63) is 12.7 Å². The molecule has 0 aromatic carbocycles. The Labute approximate surface area is 188 Å². The van der Waals surface area contributed by atoms with Crippen LogP contribution >= 0.6 is 0 Å². The van der Waals surface area contributed by atoms with Crippen molar-refractivity contribution in [3.8, 4) is 0 Å². The van der Waals surface area contributed by atoms with E-state index in [9.17, 15) is 4.79 Å². The van der Waals surface area contributed by atoms with E-state index in [1.807, 2.05) is 26.8 Å². The fourth-order valence-electron chi connectivity index (χ4n) is 3.10. The second-order valence-electron chi connectivity index (χ2n) is 11.1. The summed E-state index contributed by atoms with van der Waals surface area (Å²) in [6.45, 7) is 23.2. The van der Waals surface area contributed by atoms with E-state index in [1.54, 1.807) is 0 Å². The predicted octanol–water partition coefficient (Wildman–Crippen LogP) is 7.99. The SMILES string of the molecule is C=C[C@H](C[C@@H](CCCCCCCCC)NC(=O)OC(C)(C)C)O[Si](C)(C)C(C)(C)C. The Balaban J connectivity index is 4.90. The molecular weight excluding hydrogens is 390 g/mol. The van der Waals surface area contributed by atoms with Crippen LogP contribution in [0.5, 0.6) is 0 Å². The van der Waals surface area contributed by atoms with Crippen LogP contribution in [0, 0.1) is 0 Å². The zero-order valence-electron chi connectivity index (χ0n) is 21.5. The molecule has 0 aliphatic carbocycles. The lowest BCUT2D eigenvalue weighted by molar-refractivity contribution is 0.0488. The zero-order chi connectivity index (χ0) is 23.4. The van der Waals surface area contributed by atoms with Crippen molar-refractivity contribution in [3.63, 3.8) is 0 Å². The van der Waals surface area contributed by atoms with Gasteiger partial charge in [-0.05, 0) is 51.7 Å². The fraction of sp³-hybridized carbons (Fsp3) is 0.880. The molecule has 0 fully saturated rings. The smallest absolute Gasteiger partial charge is 0.407 e. The molecule has 0 bridgehead atoms. The summed E-state index contributed by atoms with van der Waals surface area (Å²) in [7, 11) is -1.91. The van der Waals surface area contributed by atoms with Gasteiger partial charge in [0.15, 0.2) is 8.32 Å². The second kappa shape index (κ2) is 13.6. The van der Waals surface area contributed by atoms with Gasteiger partial charge in [-0.1, -0.05) is 78.7 Å². The molecule has 0 aromatic rings. The molecule has 0 heterocycles. The van der Waals surface area contributed by atoms with E-state index in [2.05, 4.69) is 52.7 Å². The summed E-state index contributed by atoms with van der Waals surface area (Å²) in [6, 6.07) is 0.0308. The topological polar surface area (TPSA) is 47.6 Å². The lowest BCUT2D eigenvalue weighted by Gasteiger charge is -2.39. The van der Waals surface area contributed by atoms with Gasteiger partial charge in [-0.15, -0.1) is 6.58 Å². The van der Waals surface area contributed by atoms with Crippen molar-refractivity contribution in [2.45, 2.75) is 142 Å². The van der Waals surface area contributed by atoms with Gasteiger partial charge in [0.25, 0.3) is 0 Å². The maximum Gasteiger partial charge on any atom is 0.407 e. The maximum absolute atomic E-state index is 12.4. The first-order valence-corrected chi connectivity index (χ1v) is 14.9. The number of unbranched alkanes of at least 4 members (excludes halogenated alkanes) is 6. The number of carbonyl (C=O) groups excluding carboxylic acids is 1. The highest BCUT2D eigenvalue weighted by molar-refractivity contribution is 6.74. The molecule has 5 heteroatoms. The normalized spacial score (nSPS) is 14.8. The van der Waals surface area contributed by atoms with Crippen LogP contribution < -0.4 is 5.32 Å². The molecular formula is C25H51NO3Si. The van der Waals surface area contributed by atoms with Crippen molar-refractivity contribution in [1.82, 2.24) is 5.32 Å². The van der Waals surface area contributed by atoms with E-state index in [1.165, 1.54) is 38.5 Å². The Morgan fingerprint density at radius 2 is 1.53 bits per heavy atom. The average molecular weight is 442 g/mol. The van der Waals surface area contributed by atoms with Crippen LogP contribution in [0.1, 0.15) is 106 Å². The molecule has 0 saturated heterocycles. The quantitative estimate of drug-likeness (QED) is 0.169. The van der Waals surface area contributed by atoms with Gasteiger partial charge < -0.3 is 14.5 Å². The molecule has 2 atom stereocenters. The third kappa shape index (κ3) is 13.5. The van der Waals surface area contributed by atoms with Gasteiger partial charge in [0.2, 0.25) is 0 Å². The van der Waals surface area contributed by atoms with Gasteiger partial charge in [0, 0.05) is 6.04 Å². The zero-order valence-corrected chi connectivity index (χ0v) is 22.5. The van der Waals surface area contributed by atoms with E-state index < -0.39 is 13.9 Å². The van der Waals surface area contributed by atoms with E-state index >= 15 is 0 Å². The first-order chi connectivity index (χ1) is 13.7. The molecule has 0 rings (SSSR count). The largest absolute Gasteiger partial charge is 0.444 e. The van der Waals surface area contributed by atoms with Crippen LogP contribution in [-0.4, -0.2) is 32.2 Å². The first-order valence-electron chi connectivity index (χ1n) is 12.0. The molecule has 0 spiro atoms. The minimum Gasteiger partial charge on any atom is -0.444 e. The van der Waals surface area contributed by atoms with Crippen LogP contribution in [0.25, 0.3) is 0 Å². The summed E-state index contributed by atoms with van der Waals surface area (Å²) < 4.78 is 12.1. The standard InChI is InChI=1S/C25H51NO3Si/c1-11-13-14-15-16-17-18-19-21(26-23(27)28-24(3,4)5)20-22(12-2)29-30(9,10)25(6,7)8/h12,21-22H,2,11,13-20H2,1,3-10H3,(H,26,27)/t21-,22-/m1/s1. The van der Waals surface area contributed by atoms with Gasteiger partial charge in [0.05, 0.1) is 6.10 Å². The first kappa shape index (κ1) is 29.2. The molecule has 0 aliphatic heterocycles. The summed E-state index contributed by atoms with van der Waals surface area (Å²) >= 11 is 0. The number of hydrogen-bond donors (Lipinski definition) is 1. The molecule has 30 heavy (non-hydrogen) atoms. The predicted molar refractivity (Wildman–Crippen MR) is 133 cm³/mol. The van der Waals surface area contributed by atoms with Gasteiger partial charge in [-0.2, -0.15) is 0 Å². The Morgan fingerprint density at radius 3 is 2.00 bits per heavy atom. The summed E-state index contributed by atoms with van der Waals surface area (Å²) in [5.74, 6) is 0. The van der Waals surface area contributed by atoms with Crippen molar-refractivity contribution in [1.29, 1.82) is 0 Å². The number of hydrogen-bond acceptors (Lipinski definition) is 3. The molecule has 1 amide bonds. The van der Waals surface area contributed by atoms with E-state index in [0.717, 1.165) is 19.3 Å². The average Bonchev–Trinajstić information content (AvgIpc) is 2.57. The van der Waals surface area contributed by atoms with E-state index in [4.69, 9.17) is 9.16 Å². The van der Waals surface area contributed by atoms with Gasteiger partial charge in [-0.3, -0.25) is 0 Å². The van der Waals surface area contributed by atoms with Gasteiger partial charge >= 0.3 is 6.09 Å². The van der Waals surface area contributed by atoms with Crippen LogP contribution in [-0.2, 0) is 9.16 Å². The molecule has 0 unspecified atom stereocenters. The Morgan fingerprint density at radius 1 is 1.00 bits per heavy atom. The van der Waals surface area contributed by atoms with E-state index in [0.29, 0.717) is 0 Å². The van der Waals surface area contributed by atoms with Gasteiger partial charge in [-0.25, -0.2) is 4.79 Å². The summed E-state index contributed by atoms with van der Waals surface area (Å²) in [4.78, 5) is 12.4. The number of rotatable bonds is 14. The molecule has 0 saturated carbocycles. The number of ether oxygens (including phenoxy) is 1. The number of nitrogens with one attached hydrogen (secondary N) is 1. The highest BCUT2D eigenvalue weighted by Gasteiger charge is 2.39. The Hall–Kier alpha value is -0.813. The fourth-order valence-corrected chi connectivity index (χ4v) is 4.40. The molecule has 1 N–H and O–H groups in total. The molecule has 0 aliphatic rings. The number of amides is 1. The minimum absolute atomic E-state index is 0.0308. The summed E-state index contributed by atoms with van der Waals surface area (Å²) in [6.07, 6.45) is 12.0. The lowest BCUT2D eigenvalue weighted by atomic mass is 10.0. The summed E-state index contributed by atoms with van der Waals surface area (Å²) in [5.41, 5.74) is -0.497. The molecule has 178 valence electrons. The van der Waals surface area contributed by atoms with Crippen LogP contribution in [0.2, 0.25) is 18.1 Å². The monoisotopic (exact) mass is 441 g/mol. The third-order valence-corrected chi connectivity index (χ3v) is 10.4. The van der Waals surface area contributed by atoms with E-state index in [-0.39, 0.29) is 23.3 Å². The van der Waals surface area contributed by atoms with Crippen molar-refractivity contribution in [2.24, 2.45) is 0 Å². The lowest BCUT2D eigenvalue weighted by Crippen LogP contribution is -2.46. The van der Waals surface area contributed by atoms with Crippen molar-refractivity contribution in [2.75, 3.05) is 0 Å². The van der Waals surface area contributed by atoms with Crippen molar-refractivity contribution < 1.29 is 14.0 Å². The maximum atomic E-state index is 12.4. The molecule has 0 radical (unpaired) electrons. The minimum atomic E-state index is -1.91. The highest BCUT2D eigenvalue weighted by Crippen LogP contribution is 2.38. The Bertz CT molecular complexity index is 492. The number of carbonyl (C=O) groups is 1. The molecule has 0 aromatic heterocycles. The van der Waals surface area contributed by atoms with Crippen LogP contribution in [0.4, 0.5) is 4.79 Å². The number of alkyl carbamates (subject to hydrolysis) is 1. The Kier molecular flexibility index (Phi) is 13.2. The highest BCUT2D eigenvalue weighted by atomic mass is 28.4. The third-order valence-electron chi connectivity index (χ3n) is 5.91. The molecule has 4 nitrogen and oxygen atoms in total. The van der Waals surface area contributed by atoms with Gasteiger partial charge in [0.1, 0.15) is 5.60 Å². The van der Waals surface area contributed by atoms with Crippen LogP contribution in [0.15, 0.2) is 12.7 Å². The summed E-state index contributed by atoms with van der Waals surface area (Å²) in [5, 5.41) is 3.24. The van der Waals surface area contributed by atoms with Crippen molar-refractivity contribution >= 4 is 14.4 Å². The van der Waals surface area contributed by atoms with Crippen LogP contribution in [0.3, 0.4) is 0 Å². The second-order valence-corrected chi connectivity index (χ2v) is 15.9.